The standard InChI is InChI=1S/2C2H5.Al.ClH.HO2P/c2*1-2;;;1-3-2/h2*1H2,2H3;;1H;(H,1,2)/q;;+1;;. The molecule has 1 N–H and O–H groups in total. The van der Waals surface area contributed by atoms with Crippen molar-refractivity contribution in [2.45, 2.75) is 24.4 Å². The van der Waals surface area contributed by atoms with Crippen LogP contribution >= 0.6 is 21.1 Å². The van der Waals surface area contributed by atoms with Gasteiger partial charge in [-0.3, -0.25) is 0 Å². The van der Waals surface area contributed by atoms with Gasteiger partial charge in [0.1, 0.15) is 0 Å². The molecule has 0 aliphatic heterocycles. The summed E-state index contributed by atoms with van der Waals surface area (Å²) in [5.74, 6) is 0. The molecule has 0 rings (SSSR count). The zero-order valence-electron chi connectivity index (χ0n) is 5.70. The molecule has 0 heterocycles. The molecule has 0 saturated heterocycles. The third-order valence-corrected chi connectivity index (χ3v) is 1.73. The monoisotopic (exact) mass is 185 g/mol. The molecule has 0 bridgehead atoms. The smallest absolute Gasteiger partial charge is 0.310 e. The van der Waals surface area contributed by atoms with E-state index in [1.807, 2.05) is 0 Å². The summed E-state index contributed by atoms with van der Waals surface area (Å²) in [7, 11) is -0.833. The first-order valence-electron chi connectivity index (χ1n) is 2.61. The Morgan fingerprint density at radius 1 is 1.44 bits per heavy atom. The molecule has 0 atom stereocenters. The summed E-state index contributed by atoms with van der Waals surface area (Å²) in [6.07, 6.45) is 0. The normalized spacial score (nSPS) is 6.11. The van der Waals surface area contributed by atoms with E-state index < -0.39 is 8.69 Å². The maximum absolute atomic E-state index is 8.46. The SMILES string of the molecule is C[CH2][Al+][CH2]C.Cl.O=PO. The van der Waals surface area contributed by atoms with E-state index >= 15 is 0 Å². The molecule has 0 aliphatic carbocycles. The summed E-state index contributed by atoms with van der Waals surface area (Å²) in [6, 6.07) is 0. The van der Waals surface area contributed by atoms with Crippen LogP contribution in [0.1, 0.15) is 13.8 Å². The van der Waals surface area contributed by atoms with Crippen LogP contribution < -0.4 is 0 Å². The fourth-order valence-electron chi connectivity index (χ4n) is 0.289. The van der Waals surface area contributed by atoms with Gasteiger partial charge in [0.15, 0.2) is 0 Å². The second kappa shape index (κ2) is 23.2. The molecule has 0 saturated carbocycles. The summed E-state index contributed by atoms with van der Waals surface area (Å²) in [6.45, 7) is 4.50. The van der Waals surface area contributed by atoms with Crippen LogP contribution in [-0.2, 0) is 4.57 Å². The Morgan fingerprint density at radius 2 is 1.67 bits per heavy atom. The average molecular weight is 186 g/mol. The molecule has 9 heavy (non-hydrogen) atoms. The predicted molar refractivity (Wildman–Crippen MR) is 43.8 cm³/mol. The molecular weight excluding hydrogens is 173 g/mol. The van der Waals surface area contributed by atoms with Crippen molar-refractivity contribution in [2.24, 2.45) is 0 Å². The molecule has 0 radical (unpaired) electrons. The van der Waals surface area contributed by atoms with E-state index in [2.05, 4.69) is 13.8 Å². The molecule has 0 aromatic heterocycles. The third-order valence-electron chi connectivity index (χ3n) is 0.577. The number of hydrogen-bond acceptors (Lipinski definition) is 1. The Balaban J connectivity index is -0.0000000800. The van der Waals surface area contributed by atoms with Crippen LogP contribution in [0.25, 0.3) is 0 Å². The van der Waals surface area contributed by atoms with Gasteiger partial charge in [0.05, 0.1) is 0 Å². The summed E-state index contributed by atoms with van der Waals surface area (Å²) in [4.78, 5) is 6.99. The van der Waals surface area contributed by atoms with Crippen LogP contribution in [0.3, 0.4) is 0 Å². The Kier molecular flexibility index (Phi) is 42.3. The third kappa shape index (κ3) is 50.6. The number of halogens is 1. The average Bonchev–Trinajstić information content (AvgIpc) is 1.71. The van der Waals surface area contributed by atoms with Gasteiger partial charge < -0.3 is 4.89 Å². The van der Waals surface area contributed by atoms with Crippen molar-refractivity contribution >= 4 is 36.3 Å². The second-order valence-corrected chi connectivity index (χ2v) is 3.56. The van der Waals surface area contributed by atoms with Crippen LogP contribution in [0, 0.1) is 0 Å². The Morgan fingerprint density at radius 3 is 1.67 bits per heavy atom. The van der Waals surface area contributed by atoms with Gasteiger partial charge in [-0.05, 0) is 0 Å². The quantitative estimate of drug-likeness (QED) is 0.529. The first kappa shape index (κ1) is 16.5. The molecule has 0 aliphatic rings. The topological polar surface area (TPSA) is 37.3 Å². The van der Waals surface area contributed by atoms with Crippen LogP contribution in [0.2, 0.25) is 10.6 Å². The predicted octanol–water partition coefficient (Wildman–Crippen LogP) is 2.17. The van der Waals surface area contributed by atoms with E-state index in [0.717, 1.165) is 15.2 Å². The van der Waals surface area contributed by atoms with Crippen LogP contribution in [0.5, 0.6) is 0 Å². The number of rotatable bonds is 2. The Bertz CT molecular complexity index is 45.5. The second-order valence-electron chi connectivity index (χ2n) is 1.19. The van der Waals surface area contributed by atoms with Crippen LogP contribution in [-0.4, -0.2) is 20.1 Å². The van der Waals surface area contributed by atoms with E-state index in [1.165, 1.54) is 10.6 Å². The van der Waals surface area contributed by atoms with E-state index in [9.17, 15) is 0 Å². The zero-order chi connectivity index (χ0) is 6.83. The molecule has 0 spiro atoms. The van der Waals surface area contributed by atoms with E-state index in [4.69, 9.17) is 9.46 Å². The molecule has 2 nitrogen and oxygen atoms in total. The Labute approximate surface area is 70.4 Å². The van der Waals surface area contributed by atoms with Gasteiger partial charge in [-0.15, -0.1) is 12.4 Å². The molecule has 0 amide bonds. The maximum Gasteiger partial charge on any atom is 0.324 e. The summed E-state index contributed by atoms with van der Waals surface area (Å²) < 4.78 is 8.46. The molecule has 0 fully saturated rings. The molecular formula is C4H12AlClO2P+. The minimum absolute atomic E-state index is 0. The van der Waals surface area contributed by atoms with E-state index in [-0.39, 0.29) is 12.4 Å². The fraction of sp³-hybridized carbons (Fsp3) is 1.00. The van der Waals surface area contributed by atoms with Gasteiger partial charge in [-0.1, -0.05) is 0 Å². The molecule has 0 unspecified atom stereocenters. The summed E-state index contributed by atoms with van der Waals surface area (Å²) in [5, 5.41) is 2.85. The molecule has 5 heteroatoms. The van der Waals surface area contributed by atoms with Gasteiger partial charge in [-0.2, -0.15) is 0 Å². The maximum atomic E-state index is 8.46. The molecule has 54 valence electrons. The van der Waals surface area contributed by atoms with Crippen molar-refractivity contribution in [2.75, 3.05) is 0 Å². The zero-order valence-corrected chi connectivity index (χ0v) is 8.57. The molecule has 0 aromatic rings. The van der Waals surface area contributed by atoms with E-state index in [1.54, 1.807) is 0 Å². The van der Waals surface area contributed by atoms with Crippen LogP contribution in [0.15, 0.2) is 0 Å². The first-order valence-corrected chi connectivity index (χ1v) is 5.01. The summed E-state index contributed by atoms with van der Waals surface area (Å²) >= 11 is 0.815. The van der Waals surface area contributed by atoms with Gasteiger partial charge in [0.25, 0.3) is 0 Å². The van der Waals surface area contributed by atoms with Crippen molar-refractivity contribution in [1.82, 2.24) is 0 Å². The largest absolute Gasteiger partial charge is 0.324 e. The van der Waals surface area contributed by atoms with Crippen molar-refractivity contribution in [3.8, 4) is 0 Å². The first-order chi connectivity index (χ1) is 3.83. The summed E-state index contributed by atoms with van der Waals surface area (Å²) in [5.41, 5.74) is 0. The van der Waals surface area contributed by atoms with Crippen molar-refractivity contribution in [3.63, 3.8) is 0 Å². The van der Waals surface area contributed by atoms with Crippen molar-refractivity contribution in [3.05, 3.63) is 0 Å². The van der Waals surface area contributed by atoms with Crippen LogP contribution in [0.4, 0.5) is 0 Å². The van der Waals surface area contributed by atoms with Crippen molar-refractivity contribution in [1.29, 1.82) is 0 Å². The number of hydrogen-bond donors (Lipinski definition) is 1. The van der Waals surface area contributed by atoms with Crippen molar-refractivity contribution < 1.29 is 9.46 Å². The van der Waals surface area contributed by atoms with Gasteiger partial charge in [0.2, 0.25) is 0 Å². The Hall–Kier alpha value is 0.882. The fourth-order valence-corrected chi connectivity index (χ4v) is 0.866. The van der Waals surface area contributed by atoms with Gasteiger partial charge in [-0.25, -0.2) is 4.57 Å². The minimum Gasteiger partial charge on any atom is -0.310 e. The van der Waals surface area contributed by atoms with E-state index in [0.29, 0.717) is 0 Å². The molecule has 0 aromatic carbocycles. The van der Waals surface area contributed by atoms with Gasteiger partial charge in [0, 0.05) is 0 Å². The minimum atomic E-state index is -0.833. The van der Waals surface area contributed by atoms with Gasteiger partial charge >= 0.3 is 48.3 Å².